The van der Waals surface area contributed by atoms with E-state index < -0.39 is 0 Å². The van der Waals surface area contributed by atoms with Crippen molar-refractivity contribution in [3.8, 4) is 0 Å². The van der Waals surface area contributed by atoms with Gasteiger partial charge in [-0.25, -0.2) is 0 Å². The van der Waals surface area contributed by atoms with Crippen molar-refractivity contribution in [3.05, 3.63) is 29.8 Å². The fraction of sp³-hybridized carbons (Fsp3) is 0.625. The summed E-state index contributed by atoms with van der Waals surface area (Å²) in [5, 5.41) is 3.19. The van der Waals surface area contributed by atoms with Crippen molar-refractivity contribution in [3.63, 3.8) is 0 Å². The Labute approximate surface area is 121 Å². The molecule has 3 rings (SSSR count). The van der Waals surface area contributed by atoms with Gasteiger partial charge in [-0.05, 0) is 31.2 Å². The summed E-state index contributed by atoms with van der Waals surface area (Å²) in [7, 11) is 1.99. The van der Waals surface area contributed by atoms with Crippen LogP contribution in [0, 0.1) is 0 Å². The molecule has 20 heavy (non-hydrogen) atoms. The number of anilines is 1. The third-order valence-corrected chi connectivity index (χ3v) is 4.41. The molecule has 0 saturated carbocycles. The monoisotopic (exact) mass is 275 g/mol. The Kier molecular flexibility index (Phi) is 4.55. The minimum absolute atomic E-state index is 0.705. The van der Waals surface area contributed by atoms with E-state index in [0.717, 1.165) is 39.4 Å². The van der Waals surface area contributed by atoms with Crippen LogP contribution in [-0.2, 0) is 11.3 Å². The van der Waals surface area contributed by atoms with Crippen molar-refractivity contribution < 1.29 is 4.74 Å². The zero-order valence-electron chi connectivity index (χ0n) is 12.3. The number of benzene rings is 1. The molecule has 0 spiro atoms. The average molecular weight is 275 g/mol. The maximum Gasteiger partial charge on any atom is 0.0594 e. The lowest BCUT2D eigenvalue weighted by molar-refractivity contribution is 0.0209. The van der Waals surface area contributed by atoms with E-state index in [1.54, 1.807) is 0 Å². The second-order valence-electron chi connectivity index (χ2n) is 5.73. The maximum atomic E-state index is 5.45. The Hall–Kier alpha value is -1.10. The van der Waals surface area contributed by atoms with E-state index in [-0.39, 0.29) is 0 Å². The molecular formula is C16H25N3O. The van der Waals surface area contributed by atoms with Crippen LogP contribution < -0.4 is 10.2 Å². The first-order chi connectivity index (χ1) is 9.86. The second-order valence-corrected chi connectivity index (χ2v) is 5.73. The van der Waals surface area contributed by atoms with Gasteiger partial charge in [0, 0.05) is 44.5 Å². The van der Waals surface area contributed by atoms with Crippen LogP contribution in [0.3, 0.4) is 0 Å². The number of nitrogens with zero attached hydrogens (tertiary/aromatic N) is 2. The van der Waals surface area contributed by atoms with Gasteiger partial charge in [-0.1, -0.05) is 12.1 Å². The van der Waals surface area contributed by atoms with Crippen LogP contribution in [0.4, 0.5) is 5.69 Å². The highest BCUT2D eigenvalue weighted by Gasteiger charge is 2.28. The summed E-state index contributed by atoms with van der Waals surface area (Å²) in [6.45, 7) is 7.26. The van der Waals surface area contributed by atoms with Crippen molar-refractivity contribution in [2.75, 3.05) is 51.3 Å². The van der Waals surface area contributed by atoms with Gasteiger partial charge in [-0.2, -0.15) is 0 Å². The summed E-state index contributed by atoms with van der Waals surface area (Å²) in [5.74, 6) is 0. The number of nitrogens with one attached hydrogen (secondary N) is 1. The highest BCUT2D eigenvalue weighted by molar-refractivity contribution is 5.48. The van der Waals surface area contributed by atoms with E-state index in [2.05, 4.69) is 39.4 Å². The third-order valence-electron chi connectivity index (χ3n) is 4.41. The van der Waals surface area contributed by atoms with Gasteiger partial charge in [0.15, 0.2) is 0 Å². The molecule has 4 nitrogen and oxygen atoms in total. The molecule has 1 aromatic carbocycles. The number of hydrogen-bond acceptors (Lipinski definition) is 4. The molecule has 1 unspecified atom stereocenters. The summed E-state index contributed by atoms with van der Waals surface area (Å²) in [6, 6.07) is 9.68. The fourth-order valence-electron chi connectivity index (χ4n) is 3.25. The number of rotatable bonds is 4. The Morgan fingerprint density at radius 2 is 1.90 bits per heavy atom. The van der Waals surface area contributed by atoms with E-state index in [9.17, 15) is 0 Å². The van der Waals surface area contributed by atoms with Crippen LogP contribution in [0.15, 0.2) is 24.3 Å². The van der Waals surface area contributed by atoms with Crippen LogP contribution in [0.2, 0.25) is 0 Å². The van der Waals surface area contributed by atoms with Gasteiger partial charge in [0.05, 0.1) is 13.2 Å². The van der Waals surface area contributed by atoms with Crippen LogP contribution >= 0.6 is 0 Å². The van der Waals surface area contributed by atoms with E-state index >= 15 is 0 Å². The minimum atomic E-state index is 0.705. The molecule has 0 aliphatic carbocycles. The SMILES string of the molecule is CNCc1ccc(N2CCC(N3CCOCC3)C2)cc1. The second kappa shape index (κ2) is 6.57. The summed E-state index contributed by atoms with van der Waals surface area (Å²) >= 11 is 0. The van der Waals surface area contributed by atoms with Crippen LogP contribution in [-0.4, -0.2) is 57.4 Å². The normalized spacial score (nSPS) is 24.2. The smallest absolute Gasteiger partial charge is 0.0594 e. The molecule has 110 valence electrons. The molecule has 0 amide bonds. The first-order valence-electron chi connectivity index (χ1n) is 7.67. The highest BCUT2D eigenvalue weighted by Crippen LogP contribution is 2.24. The van der Waals surface area contributed by atoms with Crippen LogP contribution in [0.1, 0.15) is 12.0 Å². The summed E-state index contributed by atoms with van der Waals surface area (Å²) in [6.07, 6.45) is 1.28. The number of hydrogen-bond donors (Lipinski definition) is 1. The lowest BCUT2D eigenvalue weighted by Gasteiger charge is -2.32. The molecule has 1 aromatic rings. The summed E-state index contributed by atoms with van der Waals surface area (Å²) in [4.78, 5) is 5.11. The van der Waals surface area contributed by atoms with Gasteiger partial charge < -0.3 is 15.0 Å². The molecule has 1 N–H and O–H groups in total. The lowest BCUT2D eigenvalue weighted by atomic mass is 10.2. The van der Waals surface area contributed by atoms with E-state index in [1.165, 1.54) is 24.2 Å². The van der Waals surface area contributed by atoms with E-state index in [4.69, 9.17) is 4.74 Å². The van der Waals surface area contributed by atoms with Gasteiger partial charge in [-0.15, -0.1) is 0 Å². The Morgan fingerprint density at radius 3 is 2.60 bits per heavy atom. The molecular weight excluding hydrogens is 250 g/mol. The molecule has 0 aromatic heterocycles. The largest absolute Gasteiger partial charge is 0.379 e. The van der Waals surface area contributed by atoms with Crippen LogP contribution in [0.5, 0.6) is 0 Å². The zero-order valence-corrected chi connectivity index (χ0v) is 12.3. The van der Waals surface area contributed by atoms with Crippen molar-refractivity contribution in [2.45, 2.75) is 19.0 Å². The van der Waals surface area contributed by atoms with Crippen molar-refractivity contribution >= 4 is 5.69 Å². The fourth-order valence-corrected chi connectivity index (χ4v) is 3.25. The molecule has 2 aliphatic heterocycles. The zero-order chi connectivity index (χ0) is 13.8. The third kappa shape index (κ3) is 3.14. The highest BCUT2D eigenvalue weighted by atomic mass is 16.5. The Balaban J connectivity index is 1.58. The van der Waals surface area contributed by atoms with E-state index in [1.807, 2.05) is 7.05 Å². The van der Waals surface area contributed by atoms with Gasteiger partial charge in [0.2, 0.25) is 0 Å². The van der Waals surface area contributed by atoms with Gasteiger partial charge in [0.1, 0.15) is 0 Å². The lowest BCUT2D eigenvalue weighted by Crippen LogP contribution is -2.44. The molecule has 2 saturated heterocycles. The summed E-state index contributed by atoms with van der Waals surface area (Å²) < 4.78 is 5.45. The van der Waals surface area contributed by atoms with E-state index in [0.29, 0.717) is 6.04 Å². The predicted molar refractivity (Wildman–Crippen MR) is 82.2 cm³/mol. The Bertz CT molecular complexity index is 414. The molecule has 2 fully saturated rings. The maximum absolute atomic E-state index is 5.45. The molecule has 0 bridgehead atoms. The Morgan fingerprint density at radius 1 is 1.15 bits per heavy atom. The predicted octanol–water partition coefficient (Wildman–Crippen LogP) is 1.32. The minimum Gasteiger partial charge on any atom is -0.379 e. The first kappa shape index (κ1) is 13.9. The van der Waals surface area contributed by atoms with Crippen LogP contribution in [0.25, 0.3) is 0 Å². The van der Waals surface area contributed by atoms with Gasteiger partial charge in [-0.3, -0.25) is 4.90 Å². The molecule has 1 atom stereocenters. The van der Waals surface area contributed by atoms with Crippen molar-refractivity contribution in [1.29, 1.82) is 0 Å². The molecule has 0 radical (unpaired) electrons. The van der Waals surface area contributed by atoms with Crippen molar-refractivity contribution in [1.82, 2.24) is 10.2 Å². The number of ether oxygens (including phenoxy) is 1. The average Bonchev–Trinajstić information content (AvgIpc) is 2.99. The standard InChI is InChI=1S/C16H25N3O/c1-17-12-14-2-4-15(5-3-14)19-7-6-16(13-19)18-8-10-20-11-9-18/h2-5,16-17H,6-13H2,1H3. The first-order valence-corrected chi connectivity index (χ1v) is 7.67. The topological polar surface area (TPSA) is 27.7 Å². The molecule has 2 heterocycles. The molecule has 2 aliphatic rings. The van der Waals surface area contributed by atoms with Gasteiger partial charge >= 0.3 is 0 Å². The quantitative estimate of drug-likeness (QED) is 0.897. The van der Waals surface area contributed by atoms with Gasteiger partial charge in [0.25, 0.3) is 0 Å². The molecule has 4 heteroatoms. The summed E-state index contributed by atoms with van der Waals surface area (Å²) in [5.41, 5.74) is 2.71. The number of morpholine rings is 1. The van der Waals surface area contributed by atoms with Crippen molar-refractivity contribution in [2.24, 2.45) is 0 Å².